The molecule has 0 radical (unpaired) electrons. The van der Waals surface area contributed by atoms with Gasteiger partial charge >= 0.3 is 0 Å². The maximum Gasteiger partial charge on any atom is 0.246 e. The van der Waals surface area contributed by atoms with E-state index in [-0.39, 0.29) is 24.3 Å². The Morgan fingerprint density at radius 1 is 1.22 bits per heavy atom. The van der Waals surface area contributed by atoms with E-state index in [1.165, 1.54) is 18.3 Å². The number of carbonyl (C=O) groups is 3. The van der Waals surface area contributed by atoms with Gasteiger partial charge in [-0.2, -0.15) is 0 Å². The van der Waals surface area contributed by atoms with Gasteiger partial charge in [-0.15, -0.1) is 11.3 Å². The molecule has 3 amide bonds. The first kappa shape index (κ1) is 23.8. The van der Waals surface area contributed by atoms with Gasteiger partial charge in [0.05, 0.1) is 22.6 Å². The monoisotopic (exact) mass is 458 g/mol. The highest BCUT2D eigenvalue weighted by Crippen LogP contribution is 2.27. The van der Waals surface area contributed by atoms with Crippen LogP contribution in [0.15, 0.2) is 17.9 Å². The van der Waals surface area contributed by atoms with E-state index < -0.39 is 17.5 Å². The number of nitrogens with zero attached hydrogens (tertiary/aromatic N) is 4. The topological polar surface area (TPSA) is 117 Å². The van der Waals surface area contributed by atoms with Crippen molar-refractivity contribution in [3.63, 3.8) is 0 Å². The first-order valence-corrected chi connectivity index (χ1v) is 11.5. The Bertz CT molecular complexity index is 982. The highest BCUT2D eigenvalue weighted by atomic mass is 32.1. The lowest BCUT2D eigenvalue weighted by Crippen LogP contribution is -2.57. The third-order valence-electron chi connectivity index (χ3n) is 5.43. The Morgan fingerprint density at radius 2 is 1.91 bits per heavy atom. The Labute approximate surface area is 192 Å². The number of nitrogens with one attached hydrogen (secondary N) is 2. The summed E-state index contributed by atoms with van der Waals surface area (Å²) in [5.41, 5.74) is 3.12. The van der Waals surface area contributed by atoms with Crippen molar-refractivity contribution in [3.05, 3.63) is 29.4 Å². The van der Waals surface area contributed by atoms with Gasteiger partial charge in [0.1, 0.15) is 17.9 Å². The Kier molecular flexibility index (Phi) is 7.22. The summed E-state index contributed by atoms with van der Waals surface area (Å²) in [7, 11) is 0. The van der Waals surface area contributed by atoms with E-state index in [2.05, 4.69) is 25.6 Å². The fraction of sp³-hybridized carbons (Fsp3) is 0.545. The summed E-state index contributed by atoms with van der Waals surface area (Å²) in [6.07, 6.45) is 4.77. The van der Waals surface area contributed by atoms with Gasteiger partial charge in [-0.3, -0.25) is 14.4 Å². The quantitative estimate of drug-likeness (QED) is 0.684. The molecule has 1 aliphatic heterocycles. The highest BCUT2D eigenvalue weighted by molar-refractivity contribution is 7.13. The zero-order chi connectivity index (χ0) is 23.5. The zero-order valence-electron chi connectivity index (χ0n) is 19.1. The van der Waals surface area contributed by atoms with Crippen LogP contribution in [0.25, 0.3) is 10.4 Å². The Hall–Kier alpha value is -2.88. The smallest absolute Gasteiger partial charge is 0.246 e. The summed E-state index contributed by atoms with van der Waals surface area (Å²) in [5.74, 6) is -0.248. The fourth-order valence-electron chi connectivity index (χ4n) is 3.75. The number of hydrogen-bond acceptors (Lipinski definition) is 7. The summed E-state index contributed by atoms with van der Waals surface area (Å²) >= 11 is 1.53. The summed E-state index contributed by atoms with van der Waals surface area (Å²) in [5, 5.41) is 5.60. The first-order valence-electron chi connectivity index (χ1n) is 10.6. The Morgan fingerprint density at radius 3 is 2.47 bits per heavy atom. The maximum atomic E-state index is 13.2. The molecule has 10 heteroatoms. The molecular weight excluding hydrogens is 428 g/mol. The van der Waals surface area contributed by atoms with Gasteiger partial charge in [0.2, 0.25) is 17.7 Å². The molecule has 0 saturated carbocycles. The zero-order valence-corrected chi connectivity index (χ0v) is 20.0. The molecule has 2 N–H and O–H groups in total. The van der Waals surface area contributed by atoms with Crippen LogP contribution >= 0.6 is 11.3 Å². The summed E-state index contributed by atoms with van der Waals surface area (Å²) < 4.78 is 0. The molecule has 1 fully saturated rings. The van der Waals surface area contributed by atoms with Crippen molar-refractivity contribution in [1.82, 2.24) is 30.5 Å². The SMILES string of the molecule is CC(=O)NC(C(=O)N1CCCC1C(=O)NCc1ncc(-c2scnc2C)cn1)C(C)(C)C. The van der Waals surface area contributed by atoms with Crippen molar-refractivity contribution in [3.8, 4) is 10.4 Å². The van der Waals surface area contributed by atoms with Gasteiger partial charge in [0, 0.05) is 31.4 Å². The van der Waals surface area contributed by atoms with Crippen LogP contribution in [0.3, 0.4) is 0 Å². The maximum absolute atomic E-state index is 13.2. The molecule has 172 valence electrons. The van der Waals surface area contributed by atoms with E-state index in [1.807, 2.05) is 27.7 Å². The molecular formula is C22H30N6O3S. The first-order chi connectivity index (χ1) is 15.1. The van der Waals surface area contributed by atoms with Crippen LogP contribution in [0.2, 0.25) is 0 Å². The lowest BCUT2D eigenvalue weighted by molar-refractivity contribution is -0.143. The molecule has 0 aromatic carbocycles. The largest absolute Gasteiger partial charge is 0.347 e. The van der Waals surface area contributed by atoms with Crippen LogP contribution in [0.1, 0.15) is 52.1 Å². The predicted octanol–water partition coefficient (Wildman–Crippen LogP) is 2.07. The van der Waals surface area contributed by atoms with E-state index in [9.17, 15) is 14.4 Å². The van der Waals surface area contributed by atoms with Crippen molar-refractivity contribution in [2.75, 3.05) is 6.54 Å². The van der Waals surface area contributed by atoms with Crippen molar-refractivity contribution in [2.45, 2.75) is 66.1 Å². The normalized spacial score (nSPS) is 17.2. The standard InChI is InChI=1S/C22H30N6O3S/c1-13-18(32-12-26-13)15-9-23-17(24-10-15)11-25-20(30)16-7-6-8-28(16)21(31)19(22(3,4)5)27-14(2)29/h9-10,12,16,19H,6-8,11H2,1-5H3,(H,25,30)(H,27,29). The second kappa shape index (κ2) is 9.72. The molecule has 0 spiro atoms. The molecule has 3 heterocycles. The van der Waals surface area contributed by atoms with Crippen LogP contribution in [-0.2, 0) is 20.9 Å². The lowest BCUT2D eigenvalue weighted by Gasteiger charge is -2.35. The average Bonchev–Trinajstić information content (AvgIpc) is 3.38. The minimum absolute atomic E-state index is 0.174. The molecule has 32 heavy (non-hydrogen) atoms. The number of hydrogen-bond donors (Lipinski definition) is 2. The van der Waals surface area contributed by atoms with Gasteiger partial charge in [-0.1, -0.05) is 20.8 Å². The van der Waals surface area contributed by atoms with E-state index in [1.54, 1.807) is 22.8 Å². The van der Waals surface area contributed by atoms with Crippen LogP contribution in [0, 0.1) is 12.3 Å². The third kappa shape index (κ3) is 5.48. The lowest BCUT2D eigenvalue weighted by atomic mass is 9.85. The van der Waals surface area contributed by atoms with Crippen LogP contribution in [-0.4, -0.2) is 56.2 Å². The van der Waals surface area contributed by atoms with E-state index >= 15 is 0 Å². The Balaban J connectivity index is 1.63. The number of aryl methyl sites for hydroxylation is 1. The number of rotatable bonds is 6. The van der Waals surface area contributed by atoms with Crippen LogP contribution in [0.4, 0.5) is 0 Å². The van der Waals surface area contributed by atoms with Crippen molar-refractivity contribution in [1.29, 1.82) is 0 Å². The van der Waals surface area contributed by atoms with Crippen LogP contribution < -0.4 is 10.6 Å². The van der Waals surface area contributed by atoms with Gasteiger partial charge in [0.25, 0.3) is 0 Å². The molecule has 2 unspecified atom stereocenters. The molecule has 0 aliphatic carbocycles. The fourth-order valence-corrected chi connectivity index (χ4v) is 4.53. The molecule has 2 atom stereocenters. The van der Waals surface area contributed by atoms with E-state index in [4.69, 9.17) is 0 Å². The average molecular weight is 459 g/mol. The summed E-state index contributed by atoms with van der Waals surface area (Å²) in [6, 6.07) is -1.26. The number of amides is 3. The number of thiazole rings is 1. The van der Waals surface area contributed by atoms with Crippen molar-refractivity contribution in [2.24, 2.45) is 5.41 Å². The number of aromatic nitrogens is 3. The second-order valence-electron chi connectivity index (χ2n) is 9.06. The van der Waals surface area contributed by atoms with E-state index in [0.29, 0.717) is 18.8 Å². The highest BCUT2D eigenvalue weighted by Gasteiger charge is 2.41. The second-order valence-corrected chi connectivity index (χ2v) is 9.92. The molecule has 3 rings (SSSR count). The summed E-state index contributed by atoms with van der Waals surface area (Å²) in [4.78, 5) is 53.2. The predicted molar refractivity (Wildman–Crippen MR) is 122 cm³/mol. The van der Waals surface area contributed by atoms with Crippen molar-refractivity contribution < 1.29 is 14.4 Å². The number of carbonyl (C=O) groups excluding carboxylic acids is 3. The minimum atomic E-state index is -0.695. The summed E-state index contributed by atoms with van der Waals surface area (Å²) in [6.45, 7) is 9.67. The molecule has 2 aromatic rings. The van der Waals surface area contributed by atoms with Gasteiger partial charge in [-0.25, -0.2) is 15.0 Å². The molecule has 9 nitrogen and oxygen atoms in total. The molecule has 0 bridgehead atoms. The minimum Gasteiger partial charge on any atom is -0.347 e. The van der Waals surface area contributed by atoms with Gasteiger partial charge in [-0.05, 0) is 25.2 Å². The van der Waals surface area contributed by atoms with E-state index in [0.717, 1.165) is 22.6 Å². The third-order valence-corrected chi connectivity index (χ3v) is 6.41. The van der Waals surface area contributed by atoms with Gasteiger partial charge in [0.15, 0.2) is 0 Å². The number of likely N-dealkylation sites (tertiary alicyclic amines) is 1. The van der Waals surface area contributed by atoms with Crippen molar-refractivity contribution >= 4 is 29.1 Å². The van der Waals surface area contributed by atoms with Crippen LogP contribution in [0.5, 0.6) is 0 Å². The van der Waals surface area contributed by atoms with Gasteiger partial charge < -0.3 is 15.5 Å². The molecule has 2 aromatic heterocycles. The molecule has 1 aliphatic rings. The molecule has 1 saturated heterocycles.